The van der Waals surface area contributed by atoms with Gasteiger partial charge in [-0.15, -0.1) is 0 Å². The maximum Gasteiger partial charge on any atom is 0.501 e. The van der Waals surface area contributed by atoms with Gasteiger partial charge in [-0.1, -0.05) is 42.5 Å². The molecular weight excluding hydrogens is 405 g/mol. The number of ether oxygens (including phenoxy) is 1. The number of sulfone groups is 1. The van der Waals surface area contributed by atoms with Crippen LogP contribution < -0.4 is 0 Å². The second kappa shape index (κ2) is 7.87. The Bertz CT molecular complexity index is 1170. The van der Waals surface area contributed by atoms with Crippen molar-refractivity contribution in [2.75, 3.05) is 7.11 Å². The van der Waals surface area contributed by atoms with E-state index in [4.69, 9.17) is 0 Å². The molecule has 0 radical (unpaired) electrons. The minimum Gasteiger partial charge on any atom is -0.469 e. The fourth-order valence-electron chi connectivity index (χ4n) is 3.02. The van der Waals surface area contributed by atoms with E-state index >= 15 is 0 Å². The van der Waals surface area contributed by atoms with Crippen molar-refractivity contribution in [3.8, 4) is 11.1 Å². The molecule has 8 heteroatoms. The predicted molar refractivity (Wildman–Crippen MR) is 103 cm³/mol. The maximum absolute atomic E-state index is 13.2. The average Bonchev–Trinajstić information content (AvgIpc) is 2.70. The number of hydrogen-bond donors (Lipinski definition) is 0. The summed E-state index contributed by atoms with van der Waals surface area (Å²) in [5.41, 5.74) is -4.62. The Labute approximate surface area is 165 Å². The van der Waals surface area contributed by atoms with E-state index in [1.54, 1.807) is 30.3 Å². The summed E-state index contributed by atoms with van der Waals surface area (Å²) in [4.78, 5) is 10.6. The number of alkyl halides is 3. The summed E-state index contributed by atoms with van der Waals surface area (Å²) < 4.78 is 68.5. The highest BCUT2D eigenvalue weighted by Crippen LogP contribution is 2.38. The number of esters is 1. The third-order valence-electron chi connectivity index (χ3n) is 4.54. The van der Waals surface area contributed by atoms with E-state index in [-0.39, 0.29) is 18.4 Å². The van der Waals surface area contributed by atoms with Crippen LogP contribution in [0, 0.1) is 0 Å². The molecule has 0 bridgehead atoms. The fourth-order valence-corrected chi connectivity index (χ4v) is 3.99. The second-order valence-electron chi connectivity index (χ2n) is 6.42. The minimum absolute atomic E-state index is 0.0268. The first-order valence-corrected chi connectivity index (χ1v) is 10.1. The van der Waals surface area contributed by atoms with Crippen LogP contribution in [0.1, 0.15) is 12.0 Å². The van der Waals surface area contributed by atoms with Crippen LogP contribution in [-0.4, -0.2) is 27.0 Å². The number of aryl methyl sites for hydroxylation is 1. The van der Waals surface area contributed by atoms with Gasteiger partial charge in [0.1, 0.15) is 0 Å². The van der Waals surface area contributed by atoms with Gasteiger partial charge in [0, 0.05) is 12.0 Å². The highest BCUT2D eigenvalue weighted by atomic mass is 32.2. The Morgan fingerprint density at radius 3 is 2.31 bits per heavy atom. The SMILES string of the molecule is COC(=O)CCc1ccc(S(=O)(=O)C(F)(F)F)c(-c2ccc3ccccc3c2)c1. The van der Waals surface area contributed by atoms with Crippen LogP contribution in [0.15, 0.2) is 65.6 Å². The number of carbonyl (C=O) groups excluding carboxylic acids is 1. The number of rotatable bonds is 5. The number of fused-ring (bicyclic) bond motifs is 1. The summed E-state index contributed by atoms with van der Waals surface area (Å²) in [6.07, 6.45) is 0.235. The Kier molecular flexibility index (Phi) is 5.66. The molecule has 152 valence electrons. The Morgan fingerprint density at radius 2 is 1.66 bits per heavy atom. The van der Waals surface area contributed by atoms with Gasteiger partial charge in [-0.3, -0.25) is 4.79 Å². The molecule has 0 aliphatic heterocycles. The average molecular weight is 422 g/mol. The van der Waals surface area contributed by atoms with Crippen LogP contribution in [-0.2, 0) is 25.8 Å². The van der Waals surface area contributed by atoms with E-state index in [0.717, 1.165) is 16.8 Å². The third-order valence-corrected chi connectivity index (χ3v) is 6.09. The van der Waals surface area contributed by atoms with Crippen LogP contribution in [0.25, 0.3) is 21.9 Å². The van der Waals surface area contributed by atoms with Gasteiger partial charge in [0.2, 0.25) is 0 Å². The molecule has 29 heavy (non-hydrogen) atoms. The summed E-state index contributed by atoms with van der Waals surface area (Å²) in [6.45, 7) is 0. The summed E-state index contributed by atoms with van der Waals surface area (Å²) in [6, 6.07) is 15.8. The van der Waals surface area contributed by atoms with Crippen LogP contribution in [0.5, 0.6) is 0 Å². The van der Waals surface area contributed by atoms with Gasteiger partial charge < -0.3 is 4.74 Å². The van der Waals surface area contributed by atoms with Crippen LogP contribution in [0.3, 0.4) is 0 Å². The van der Waals surface area contributed by atoms with E-state index in [0.29, 0.717) is 11.1 Å². The lowest BCUT2D eigenvalue weighted by Crippen LogP contribution is -2.24. The molecule has 0 aromatic heterocycles. The first-order valence-electron chi connectivity index (χ1n) is 8.64. The molecule has 0 heterocycles. The van der Waals surface area contributed by atoms with Crippen molar-refractivity contribution < 1.29 is 31.1 Å². The van der Waals surface area contributed by atoms with Gasteiger partial charge in [0.25, 0.3) is 9.84 Å². The van der Waals surface area contributed by atoms with Crippen LogP contribution >= 0.6 is 0 Å². The third kappa shape index (κ3) is 4.27. The highest BCUT2D eigenvalue weighted by molar-refractivity contribution is 7.92. The number of hydrogen-bond acceptors (Lipinski definition) is 4. The quantitative estimate of drug-likeness (QED) is 0.549. The molecule has 0 unspecified atom stereocenters. The molecule has 4 nitrogen and oxygen atoms in total. The van der Waals surface area contributed by atoms with Crippen LogP contribution in [0.2, 0.25) is 0 Å². The van der Waals surface area contributed by atoms with Gasteiger partial charge in [0.15, 0.2) is 0 Å². The van der Waals surface area contributed by atoms with Crippen molar-refractivity contribution in [1.82, 2.24) is 0 Å². The number of carbonyl (C=O) groups is 1. The van der Waals surface area contributed by atoms with Gasteiger partial charge >= 0.3 is 11.5 Å². The zero-order valence-electron chi connectivity index (χ0n) is 15.4. The lowest BCUT2D eigenvalue weighted by Gasteiger charge is -2.15. The molecule has 3 aromatic carbocycles. The van der Waals surface area contributed by atoms with Crippen LogP contribution in [0.4, 0.5) is 13.2 Å². The first-order chi connectivity index (χ1) is 13.6. The summed E-state index contributed by atoms with van der Waals surface area (Å²) in [5.74, 6) is -0.468. The number of methoxy groups -OCH3 is 1. The van der Waals surface area contributed by atoms with Crippen molar-refractivity contribution in [3.05, 3.63) is 66.2 Å². The molecule has 0 saturated carbocycles. The molecular formula is C21H17F3O4S. The van der Waals surface area contributed by atoms with E-state index in [9.17, 15) is 26.4 Å². The zero-order chi connectivity index (χ0) is 21.2. The van der Waals surface area contributed by atoms with Gasteiger partial charge in [0.05, 0.1) is 12.0 Å². The molecule has 3 rings (SSSR count). The number of halogens is 3. The lowest BCUT2D eigenvalue weighted by molar-refractivity contribution is -0.140. The monoisotopic (exact) mass is 422 g/mol. The second-order valence-corrected chi connectivity index (χ2v) is 8.33. The predicted octanol–water partition coefficient (Wildman–Crippen LogP) is 4.91. The molecule has 0 amide bonds. The van der Waals surface area contributed by atoms with Crippen molar-refractivity contribution >= 4 is 26.6 Å². The van der Waals surface area contributed by atoms with E-state index < -0.39 is 26.2 Å². The Balaban J connectivity index is 2.17. The lowest BCUT2D eigenvalue weighted by atomic mass is 9.98. The van der Waals surface area contributed by atoms with Crippen molar-refractivity contribution in [1.29, 1.82) is 0 Å². The Morgan fingerprint density at radius 1 is 0.966 bits per heavy atom. The molecule has 0 aliphatic carbocycles. The molecule has 0 fully saturated rings. The topological polar surface area (TPSA) is 60.4 Å². The largest absolute Gasteiger partial charge is 0.501 e. The van der Waals surface area contributed by atoms with E-state index in [1.807, 2.05) is 12.1 Å². The van der Waals surface area contributed by atoms with E-state index in [2.05, 4.69) is 4.74 Å². The normalized spacial score (nSPS) is 12.1. The standard InChI is InChI=1S/C21H17F3O4S/c1-28-20(25)11-7-14-6-10-19(29(26,27)21(22,23)24)18(12-14)17-9-8-15-4-2-3-5-16(15)13-17/h2-6,8-10,12-13H,7,11H2,1H3. The number of benzene rings is 3. The van der Waals surface area contributed by atoms with E-state index in [1.165, 1.54) is 19.2 Å². The van der Waals surface area contributed by atoms with Gasteiger partial charge in [-0.25, -0.2) is 8.42 Å². The highest BCUT2D eigenvalue weighted by Gasteiger charge is 2.48. The Hall–Kier alpha value is -2.87. The van der Waals surface area contributed by atoms with Gasteiger partial charge in [-0.05, 0) is 46.5 Å². The molecule has 3 aromatic rings. The van der Waals surface area contributed by atoms with Crippen molar-refractivity contribution in [3.63, 3.8) is 0 Å². The summed E-state index contributed by atoms with van der Waals surface area (Å²) >= 11 is 0. The maximum atomic E-state index is 13.2. The molecule has 0 spiro atoms. The minimum atomic E-state index is -5.55. The molecule has 0 aliphatic rings. The molecule has 0 atom stereocenters. The van der Waals surface area contributed by atoms with Gasteiger partial charge in [-0.2, -0.15) is 13.2 Å². The molecule has 0 saturated heterocycles. The first kappa shape index (κ1) is 20.9. The van der Waals surface area contributed by atoms with Crippen molar-refractivity contribution in [2.45, 2.75) is 23.2 Å². The summed E-state index contributed by atoms with van der Waals surface area (Å²) in [5, 5.41) is 1.64. The molecule has 0 N–H and O–H groups in total. The van der Waals surface area contributed by atoms with Crippen molar-refractivity contribution in [2.24, 2.45) is 0 Å². The smallest absolute Gasteiger partial charge is 0.469 e. The zero-order valence-corrected chi connectivity index (χ0v) is 16.2. The fraction of sp³-hybridized carbons (Fsp3) is 0.190. The summed E-state index contributed by atoms with van der Waals surface area (Å²) in [7, 11) is -4.31.